The number of aromatic amines is 1. The van der Waals surface area contributed by atoms with Gasteiger partial charge in [-0.15, -0.1) is 0 Å². The number of phenolic OH excluding ortho intramolecular Hbond substituents is 1. The van der Waals surface area contributed by atoms with Gasteiger partial charge in [0.05, 0.1) is 12.8 Å². The Morgan fingerprint density at radius 1 is 1.28 bits per heavy atom. The van der Waals surface area contributed by atoms with Crippen molar-refractivity contribution in [2.75, 3.05) is 6.61 Å². The van der Waals surface area contributed by atoms with E-state index in [0.717, 1.165) is 17.0 Å². The van der Waals surface area contributed by atoms with Gasteiger partial charge in [-0.05, 0) is 48.5 Å². The molecular weight excluding hydrogens is 336 g/mol. The Morgan fingerprint density at radius 3 is 2.84 bits per heavy atom. The lowest BCUT2D eigenvalue weighted by Crippen LogP contribution is -2.00. The summed E-state index contributed by atoms with van der Waals surface area (Å²) >= 11 is 5.26. The van der Waals surface area contributed by atoms with Crippen LogP contribution in [0.15, 0.2) is 53.6 Å². The van der Waals surface area contributed by atoms with Gasteiger partial charge in [0, 0.05) is 6.42 Å². The maximum absolute atomic E-state index is 9.76. The molecule has 7 heteroatoms. The number of rotatable bonds is 6. The molecule has 3 rings (SSSR count). The van der Waals surface area contributed by atoms with Gasteiger partial charge >= 0.3 is 0 Å². The van der Waals surface area contributed by atoms with Crippen LogP contribution < -0.4 is 4.74 Å². The lowest BCUT2D eigenvalue weighted by Gasteiger charge is -2.06. The Labute approximate surface area is 150 Å². The highest BCUT2D eigenvalue weighted by Crippen LogP contribution is 2.26. The maximum atomic E-state index is 9.76. The Balaban J connectivity index is 1.86. The molecule has 2 N–H and O–H groups in total. The number of phenols is 1. The molecule has 2 aromatic carbocycles. The second kappa shape index (κ2) is 7.76. The standard InChI is InChI=1S/C18H18N4O2S/c1-2-24-16-10-14(8-9-15(16)23)12-19-22-17(20-21-18(22)25)11-13-6-4-3-5-7-13/h3-10,12,23H,2,11H2,1H3,(H,21,25)/b19-12-. The molecule has 0 unspecified atom stereocenters. The summed E-state index contributed by atoms with van der Waals surface area (Å²) in [7, 11) is 0. The first kappa shape index (κ1) is 16.9. The van der Waals surface area contributed by atoms with E-state index in [0.29, 0.717) is 23.5 Å². The van der Waals surface area contributed by atoms with E-state index in [4.69, 9.17) is 17.0 Å². The monoisotopic (exact) mass is 354 g/mol. The summed E-state index contributed by atoms with van der Waals surface area (Å²) in [6.07, 6.45) is 2.27. The molecule has 1 heterocycles. The van der Waals surface area contributed by atoms with Gasteiger partial charge in [0.15, 0.2) is 17.3 Å². The van der Waals surface area contributed by atoms with Crippen LogP contribution in [0.5, 0.6) is 11.5 Å². The third-order valence-electron chi connectivity index (χ3n) is 3.53. The smallest absolute Gasteiger partial charge is 0.216 e. The largest absolute Gasteiger partial charge is 0.504 e. The fourth-order valence-electron chi connectivity index (χ4n) is 2.34. The van der Waals surface area contributed by atoms with E-state index < -0.39 is 0 Å². The van der Waals surface area contributed by atoms with Crippen LogP contribution in [0.4, 0.5) is 0 Å². The molecule has 128 valence electrons. The van der Waals surface area contributed by atoms with E-state index in [-0.39, 0.29) is 5.75 Å². The normalized spacial score (nSPS) is 11.1. The van der Waals surface area contributed by atoms with Crippen LogP contribution in [0.25, 0.3) is 0 Å². The predicted molar refractivity (Wildman–Crippen MR) is 98.9 cm³/mol. The lowest BCUT2D eigenvalue weighted by atomic mass is 10.1. The molecule has 25 heavy (non-hydrogen) atoms. The first-order valence-corrected chi connectivity index (χ1v) is 8.28. The number of nitrogens with zero attached hydrogens (tertiary/aromatic N) is 3. The predicted octanol–water partition coefficient (Wildman–Crippen LogP) is 3.52. The molecular formula is C18H18N4O2S. The van der Waals surface area contributed by atoms with E-state index in [1.165, 1.54) is 0 Å². The summed E-state index contributed by atoms with van der Waals surface area (Å²) in [6, 6.07) is 15.0. The van der Waals surface area contributed by atoms with Crippen LogP contribution in [0.1, 0.15) is 23.9 Å². The van der Waals surface area contributed by atoms with Crippen molar-refractivity contribution in [2.24, 2.45) is 5.10 Å². The summed E-state index contributed by atoms with van der Waals surface area (Å²) in [5, 5.41) is 21.2. The van der Waals surface area contributed by atoms with Crippen molar-refractivity contribution in [1.29, 1.82) is 0 Å². The van der Waals surface area contributed by atoms with Gasteiger partial charge in [0.2, 0.25) is 4.77 Å². The lowest BCUT2D eigenvalue weighted by molar-refractivity contribution is 0.318. The summed E-state index contributed by atoms with van der Waals surface area (Å²) in [5.41, 5.74) is 1.91. The SMILES string of the molecule is CCOc1cc(/C=N\n2c(Cc3ccccc3)n[nH]c2=S)ccc1O. The topological polar surface area (TPSA) is 75.4 Å². The van der Waals surface area contributed by atoms with E-state index in [1.54, 1.807) is 29.1 Å². The molecule has 0 aliphatic rings. The van der Waals surface area contributed by atoms with Crippen molar-refractivity contribution >= 4 is 18.4 Å². The minimum absolute atomic E-state index is 0.101. The Hall–Kier alpha value is -2.93. The first-order valence-electron chi connectivity index (χ1n) is 7.87. The molecule has 0 spiro atoms. The Kier molecular flexibility index (Phi) is 5.25. The third-order valence-corrected chi connectivity index (χ3v) is 3.79. The van der Waals surface area contributed by atoms with Crippen LogP contribution >= 0.6 is 12.2 Å². The zero-order chi connectivity index (χ0) is 17.6. The summed E-state index contributed by atoms with van der Waals surface area (Å²) < 4.78 is 7.40. The minimum atomic E-state index is 0.101. The van der Waals surface area contributed by atoms with Crippen molar-refractivity contribution in [1.82, 2.24) is 14.9 Å². The summed E-state index contributed by atoms with van der Waals surface area (Å²) in [4.78, 5) is 0. The van der Waals surface area contributed by atoms with Gasteiger partial charge in [-0.25, -0.2) is 0 Å². The number of benzene rings is 2. The molecule has 3 aromatic rings. The maximum Gasteiger partial charge on any atom is 0.216 e. The van der Waals surface area contributed by atoms with E-state index >= 15 is 0 Å². The van der Waals surface area contributed by atoms with Crippen molar-refractivity contribution in [3.8, 4) is 11.5 Å². The molecule has 0 saturated carbocycles. The number of aromatic hydroxyl groups is 1. The second-order valence-corrected chi connectivity index (χ2v) is 5.71. The first-order chi connectivity index (χ1) is 12.2. The molecule has 0 fully saturated rings. The van der Waals surface area contributed by atoms with E-state index in [9.17, 15) is 5.11 Å². The second-order valence-electron chi connectivity index (χ2n) is 5.32. The molecule has 0 radical (unpaired) electrons. The summed E-state index contributed by atoms with van der Waals surface area (Å²) in [6.45, 7) is 2.34. The van der Waals surface area contributed by atoms with Gasteiger partial charge in [0.1, 0.15) is 0 Å². The average molecular weight is 354 g/mol. The zero-order valence-corrected chi connectivity index (χ0v) is 14.5. The van der Waals surface area contributed by atoms with Gasteiger partial charge in [-0.2, -0.15) is 14.9 Å². The Bertz CT molecular complexity index is 932. The third kappa shape index (κ3) is 4.13. The van der Waals surface area contributed by atoms with Crippen LogP contribution in [0.2, 0.25) is 0 Å². The van der Waals surface area contributed by atoms with E-state index in [2.05, 4.69) is 15.3 Å². The molecule has 1 aromatic heterocycles. The fraction of sp³-hybridized carbons (Fsp3) is 0.167. The van der Waals surface area contributed by atoms with E-state index in [1.807, 2.05) is 37.3 Å². The molecule has 0 amide bonds. The van der Waals surface area contributed by atoms with Gasteiger partial charge in [0.25, 0.3) is 0 Å². The zero-order valence-electron chi connectivity index (χ0n) is 13.7. The average Bonchev–Trinajstić information content (AvgIpc) is 2.96. The molecule has 0 bridgehead atoms. The minimum Gasteiger partial charge on any atom is -0.504 e. The highest BCUT2D eigenvalue weighted by Gasteiger charge is 2.07. The van der Waals surface area contributed by atoms with Gasteiger partial charge in [-0.3, -0.25) is 5.10 Å². The fourth-order valence-corrected chi connectivity index (χ4v) is 2.54. The number of ether oxygens (including phenoxy) is 1. The number of aromatic nitrogens is 3. The van der Waals surface area contributed by atoms with Crippen molar-refractivity contribution in [3.63, 3.8) is 0 Å². The van der Waals surface area contributed by atoms with Crippen LogP contribution in [0.3, 0.4) is 0 Å². The molecule has 0 saturated heterocycles. The van der Waals surface area contributed by atoms with Crippen molar-refractivity contribution in [2.45, 2.75) is 13.3 Å². The highest BCUT2D eigenvalue weighted by atomic mass is 32.1. The number of hydrogen-bond donors (Lipinski definition) is 2. The van der Waals surface area contributed by atoms with Crippen LogP contribution in [0, 0.1) is 4.77 Å². The number of H-pyrrole nitrogens is 1. The number of hydrogen-bond acceptors (Lipinski definition) is 5. The van der Waals surface area contributed by atoms with Crippen molar-refractivity contribution in [3.05, 3.63) is 70.3 Å². The molecule has 0 aliphatic carbocycles. The highest BCUT2D eigenvalue weighted by molar-refractivity contribution is 7.71. The van der Waals surface area contributed by atoms with Crippen molar-refractivity contribution < 1.29 is 9.84 Å². The molecule has 6 nitrogen and oxygen atoms in total. The van der Waals surface area contributed by atoms with Crippen LogP contribution in [-0.2, 0) is 6.42 Å². The Morgan fingerprint density at radius 2 is 2.08 bits per heavy atom. The van der Waals surface area contributed by atoms with Gasteiger partial charge < -0.3 is 9.84 Å². The van der Waals surface area contributed by atoms with Gasteiger partial charge in [-0.1, -0.05) is 30.3 Å². The quantitative estimate of drug-likeness (QED) is 0.525. The summed E-state index contributed by atoms with van der Waals surface area (Å²) in [5.74, 6) is 1.24. The molecule has 0 aliphatic heterocycles. The van der Waals surface area contributed by atoms with Crippen LogP contribution in [-0.4, -0.2) is 32.8 Å². The molecule has 0 atom stereocenters. The number of nitrogens with one attached hydrogen (secondary N) is 1.